The van der Waals surface area contributed by atoms with Crippen molar-refractivity contribution in [2.24, 2.45) is 0 Å². The summed E-state index contributed by atoms with van der Waals surface area (Å²) in [5, 5.41) is 15.8. The van der Waals surface area contributed by atoms with Crippen LogP contribution in [0.2, 0.25) is 0 Å². The van der Waals surface area contributed by atoms with Gasteiger partial charge in [0.2, 0.25) is 0 Å². The molecule has 3 rings (SSSR count). The van der Waals surface area contributed by atoms with Crippen LogP contribution in [0.1, 0.15) is 40.3 Å². The monoisotopic (exact) mass is 465 g/mol. The van der Waals surface area contributed by atoms with Gasteiger partial charge in [-0.1, -0.05) is 30.4 Å². The van der Waals surface area contributed by atoms with E-state index in [1.54, 1.807) is 12.2 Å². The van der Waals surface area contributed by atoms with Gasteiger partial charge in [-0.05, 0) is 59.7 Å². The topological polar surface area (TPSA) is 52.5 Å². The molecule has 2 aromatic rings. The Hall–Kier alpha value is -2.01. The second kappa shape index (κ2) is 10.5. The fraction of sp³-hybridized carbons (Fsp3) is 0.333. The first-order valence-electron chi connectivity index (χ1n) is 9.15. The standard InChI is InChI=1S/C20H17F6NOS.CH4O/c21-19(22,23)14-9-15(20(24,25)26)11-16(10-14)29-27-18-6-4-13-8-12(2-1-7-28)3-5-17(13)18;1-2/h1-3,5,8-11,18,27-28H,4,6-7H2;2H,1H3/b2-1+;. The van der Waals surface area contributed by atoms with Gasteiger partial charge < -0.3 is 10.2 Å². The third kappa shape index (κ3) is 6.73. The Bertz CT molecular complexity index is 879. The molecule has 3 nitrogen and oxygen atoms in total. The van der Waals surface area contributed by atoms with Crippen LogP contribution >= 0.6 is 11.9 Å². The van der Waals surface area contributed by atoms with Gasteiger partial charge in [0.05, 0.1) is 17.7 Å². The van der Waals surface area contributed by atoms with Crippen LogP contribution in [0.5, 0.6) is 0 Å². The van der Waals surface area contributed by atoms with E-state index in [2.05, 4.69) is 4.72 Å². The maximum atomic E-state index is 13.0. The molecule has 0 aliphatic heterocycles. The number of nitrogens with one attached hydrogen (secondary N) is 1. The zero-order valence-electron chi connectivity index (χ0n) is 16.4. The van der Waals surface area contributed by atoms with Crippen LogP contribution < -0.4 is 4.72 Å². The smallest absolute Gasteiger partial charge is 0.400 e. The summed E-state index contributed by atoms with van der Waals surface area (Å²) in [6, 6.07) is 7.05. The summed E-state index contributed by atoms with van der Waals surface area (Å²) in [6.45, 7) is -0.0746. The first kappa shape index (κ1) is 25.3. The molecule has 31 heavy (non-hydrogen) atoms. The molecule has 1 unspecified atom stereocenters. The van der Waals surface area contributed by atoms with Crippen molar-refractivity contribution >= 4 is 18.0 Å². The Kier molecular flexibility index (Phi) is 8.58. The Morgan fingerprint density at radius 1 is 1.00 bits per heavy atom. The van der Waals surface area contributed by atoms with Gasteiger partial charge in [0, 0.05) is 18.0 Å². The minimum Gasteiger partial charge on any atom is -0.400 e. The van der Waals surface area contributed by atoms with Crippen LogP contribution in [0.15, 0.2) is 47.4 Å². The Balaban J connectivity index is 0.00000166. The molecule has 10 heteroatoms. The molecule has 0 radical (unpaired) electrons. The second-order valence-electron chi connectivity index (χ2n) is 6.60. The van der Waals surface area contributed by atoms with Crippen molar-refractivity contribution in [1.29, 1.82) is 0 Å². The summed E-state index contributed by atoms with van der Waals surface area (Å²) in [4.78, 5) is -0.150. The van der Waals surface area contributed by atoms with Crippen LogP contribution in [-0.2, 0) is 18.8 Å². The summed E-state index contributed by atoms with van der Waals surface area (Å²) < 4.78 is 80.9. The summed E-state index contributed by atoms with van der Waals surface area (Å²) >= 11 is 0.763. The van der Waals surface area contributed by atoms with E-state index in [1.165, 1.54) is 0 Å². The molecule has 0 bridgehead atoms. The average molecular weight is 465 g/mol. The zero-order valence-corrected chi connectivity index (χ0v) is 17.2. The number of aliphatic hydroxyl groups excluding tert-OH is 2. The number of hydrogen-bond acceptors (Lipinski definition) is 4. The molecule has 0 saturated carbocycles. The van der Waals surface area contributed by atoms with E-state index in [-0.39, 0.29) is 23.6 Å². The number of hydrogen-bond donors (Lipinski definition) is 3. The molecule has 2 aromatic carbocycles. The first-order valence-corrected chi connectivity index (χ1v) is 9.96. The van der Waals surface area contributed by atoms with Gasteiger partial charge >= 0.3 is 12.4 Å². The lowest BCUT2D eigenvalue weighted by Crippen LogP contribution is -2.13. The summed E-state index contributed by atoms with van der Waals surface area (Å²) in [6.07, 6.45) is -4.93. The normalized spacial score (nSPS) is 16.2. The van der Waals surface area contributed by atoms with E-state index in [0.29, 0.717) is 18.6 Å². The van der Waals surface area contributed by atoms with Crippen molar-refractivity contribution < 1.29 is 36.6 Å². The summed E-state index contributed by atoms with van der Waals surface area (Å²) in [7, 11) is 1.00. The highest BCUT2D eigenvalue weighted by Crippen LogP contribution is 2.39. The lowest BCUT2D eigenvalue weighted by Gasteiger charge is -2.16. The van der Waals surface area contributed by atoms with Crippen molar-refractivity contribution in [1.82, 2.24) is 4.72 Å². The minimum atomic E-state index is -4.87. The van der Waals surface area contributed by atoms with E-state index in [4.69, 9.17) is 10.2 Å². The van der Waals surface area contributed by atoms with Crippen molar-refractivity contribution in [3.63, 3.8) is 0 Å². The fourth-order valence-corrected chi connectivity index (χ4v) is 4.07. The molecule has 0 amide bonds. The predicted octanol–water partition coefficient (Wildman–Crippen LogP) is 5.62. The third-order valence-electron chi connectivity index (χ3n) is 4.54. The van der Waals surface area contributed by atoms with Crippen LogP contribution in [0.3, 0.4) is 0 Å². The quantitative estimate of drug-likeness (QED) is 0.396. The second-order valence-corrected chi connectivity index (χ2v) is 7.51. The van der Waals surface area contributed by atoms with E-state index in [9.17, 15) is 26.3 Å². The van der Waals surface area contributed by atoms with Crippen LogP contribution in [0.25, 0.3) is 6.08 Å². The molecular formula is C21H21F6NO2S. The van der Waals surface area contributed by atoms with Gasteiger partial charge in [-0.15, -0.1) is 0 Å². The minimum absolute atomic E-state index is 0.0746. The number of halogens is 6. The van der Waals surface area contributed by atoms with Crippen molar-refractivity contribution in [3.8, 4) is 0 Å². The number of aryl methyl sites for hydroxylation is 1. The SMILES string of the molecule is CO.OC/C=C/c1ccc2c(c1)CCC2NSc1cc(C(F)(F)F)cc(C(F)(F)F)c1. The van der Waals surface area contributed by atoms with Crippen LogP contribution in [0, 0.1) is 0 Å². The van der Waals surface area contributed by atoms with Crippen molar-refractivity contribution in [2.75, 3.05) is 13.7 Å². The predicted molar refractivity (Wildman–Crippen MR) is 107 cm³/mol. The zero-order chi connectivity index (χ0) is 23.2. The van der Waals surface area contributed by atoms with Gasteiger partial charge in [0.15, 0.2) is 0 Å². The highest BCUT2D eigenvalue weighted by atomic mass is 32.2. The molecule has 1 aliphatic rings. The number of benzene rings is 2. The van der Waals surface area contributed by atoms with Gasteiger partial charge in [0.1, 0.15) is 0 Å². The highest BCUT2D eigenvalue weighted by molar-refractivity contribution is 7.97. The average Bonchev–Trinajstić information content (AvgIpc) is 3.13. The maximum absolute atomic E-state index is 13.0. The lowest BCUT2D eigenvalue weighted by atomic mass is 10.0. The Morgan fingerprint density at radius 2 is 1.61 bits per heavy atom. The van der Waals surface area contributed by atoms with E-state index >= 15 is 0 Å². The summed E-state index contributed by atoms with van der Waals surface area (Å²) in [5.41, 5.74) is 0.274. The molecule has 0 aromatic heterocycles. The first-order chi connectivity index (χ1) is 14.6. The van der Waals surface area contributed by atoms with Gasteiger partial charge in [-0.2, -0.15) is 26.3 Å². The summed E-state index contributed by atoms with van der Waals surface area (Å²) in [5.74, 6) is 0. The largest absolute Gasteiger partial charge is 0.416 e. The molecule has 0 spiro atoms. The molecule has 1 aliphatic carbocycles. The van der Waals surface area contributed by atoms with Crippen molar-refractivity contribution in [2.45, 2.75) is 36.1 Å². The van der Waals surface area contributed by atoms with E-state index < -0.39 is 23.5 Å². The Labute approximate surface area is 179 Å². The number of fused-ring (bicyclic) bond motifs is 1. The Morgan fingerprint density at radius 3 is 2.16 bits per heavy atom. The van der Waals surface area contributed by atoms with Gasteiger partial charge in [-0.25, -0.2) is 0 Å². The molecule has 3 N–H and O–H groups in total. The molecule has 0 fully saturated rings. The number of aliphatic hydroxyl groups is 2. The highest BCUT2D eigenvalue weighted by Gasteiger charge is 2.37. The fourth-order valence-electron chi connectivity index (χ4n) is 3.18. The number of alkyl halides is 6. The van der Waals surface area contributed by atoms with Gasteiger partial charge in [0.25, 0.3) is 0 Å². The third-order valence-corrected chi connectivity index (χ3v) is 5.41. The molecule has 170 valence electrons. The molecule has 0 saturated heterocycles. The maximum Gasteiger partial charge on any atom is 0.416 e. The van der Waals surface area contributed by atoms with E-state index in [0.717, 1.165) is 42.2 Å². The molecular weight excluding hydrogens is 444 g/mol. The van der Waals surface area contributed by atoms with Crippen LogP contribution in [0.4, 0.5) is 26.3 Å². The van der Waals surface area contributed by atoms with Crippen LogP contribution in [-0.4, -0.2) is 23.9 Å². The number of rotatable bonds is 5. The molecule has 0 heterocycles. The van der Waals surface area contributed by atoms with Gasteiger partial charge in [-0.3, -0.25) is 4.72 Å². The van der Waals surface area contributed by atoms with Crippen molar-refractivity contribution in [3.05, 3.63) is 70.3 Å². The molecule has 1 atom stereocenters. The lowest BCUT2D eigenvalue weighted by molar-refractivity contribution is -0.143. The van der Waals surface area contributed by atoms with E-state index in [1.807, 2.05) is 18.2 Å².